The Morgan fingerprint density at radius 3 is 2.39 bits per heavy atom. The Balaban J connectivity index is 1.81. The zero-order valence-corrected chi connectivity index (χ0v) is 27.2. The average molecular weight is 651 g/mol. The maximum Gasteiger partial charge on any atom is 0.310 e. The Morgan fingerprint density at radius 1 is 1.22 bits per heavy atom. The molecular formula is C31H44BrN3O5S. The lowest BCUT2D eigenvalue weighted by Crippen LogP contribution is -2.58. The summed E-state index contributed by atoms with van der Waals surface area (Å²) in [7, 11) is 0. The second kappa shape index (κ2) is 13.1. The number of thioether (sulfide) groups is 1. The van der Waals surface area contributed by atoms with E-state index in [1.165, 1.54) is 0 Å². The van der Waals surface area contributed by atoms with Gasteiger partial charge in [-0.15, -0.1) is 18.3 Å². The van der Waals surface area contributed by atoms with Gasteiger partial charge in [-0.1, -0.05) is 35.9 Å². The zero-order chi connectivity index (χ0) is 30.1. The predicted octanol–water partition coefficient (Wildman–Crippen LogP) is 4.49. The molecule has 4 rings (SSSR count). The highest BCUT2D eigenvalue weighted by molar-refractivity contribution is 9.09. The highest BCUT2D eigenvalue weighted by Gasteiger charge is 2.76. The summed E-state index contributed by atoms with van der Waals surface area (Å²) in [6.45, 7) is 16.0. The molecule has 0 aliphatic carbocycles. The number of likely N-dealkylation sites (tertiary alicyclic amines) is 1. The number of hydrogen-bond acceptors (Lipinski definition) is 7. The van der Waals surface area contributed by atoms with Crippen LogP contribution in [0.25, 0.3) is 0 Å². The number of rotatable bonds is 13. The van der Waals surface area contributed by atoms with E-state index in [4.69, 9.17) is 4.74 Å². The van der Waals surface area contributed by atoms with Crippen molar-refractivity contribution in [1.82, 2.24) is 4.90 Å². The summed E-state index contributed by atoms with van der Waals surface area (Å²) in [6.07, 6.45) is 2.81. The number of aliphatic hydroxyl groups is 1. The van der Waals surface area contributed by atoms with Gasteiger partial charge in [-0.25, -0.2) is 0 Å². The smallest absolute Gasteiger partial charge is 0.310 e. The van der Waals surface area contributed by atoms with E-state index in [9.17, 15) is 19.5 Å². The van der Waals surface area contributed by atoms with Crippen LogP contribution < -0.4 is 9.80 Å². The third-order valence-electron chi connectivity index (χ3n) is 8.74. The zero-order valence-electron chi connectivity index (χ0n) is 24.8. The molecule has 10 heteroatoms. The first-order valence-electron chi connectivity index (χ1n) is 14.8. The largest absolute Gasteiger partial charge is 0.466 e. The molecule has 3 unspecified atom stereocenters. The van der Waals surface area contributed by atoms with Gasteiger partial charge in [-0.2, -0.15) is 0 Å². The van der Waals surface area contributed by atoms with E-state index >= 15 is 0 Å². The number of nitrogens with zero attached hydrogens (tertiary/aromatic N) is 3. The summed E-state index contributed by atoms with van der Waals surface area (Å²) in [6, 6.07) is 6.53. The number of carbonyl (C=O) groups excluding carboxylic acids is 3. The fourth-order valence-corrected chi connectivity index (χ4v) is 10.7. The molecule has 3 heterocycles. The molecule has 1 aromatic carbocycles. The number of esters is 1. The molecular weight excluding hydrogens is 606 g/mol. The normalized spacial score (nSPS) is 29.0. The van der Waals surface area contributed by atoms with Crippen molar-refractivity contribution in [2.24, 2.45) is 17.8 Å². The molecule has 1 aromatic rings. The molecule has 2 amide bonds. The van der Waals surface area contributed by atoms with Crippen molar-refractivity contribution < 1.29 is 24.2 Å². The third-order valence-corrected chi connectivity index (χ3v) is 12.0. The lowest BCUT2D eigenvalue weighted by atomic mass is 9.71. The van der Waals surface area contributed by atoms with E-state index in [0.717, 1.165) is 24.5 Å². The second-order valence-corrected chi connectivity index (χ2v) is 14.3. The number of hydrogen-bond donors (Lipinski definition) is 1. The highest BCUT2D eigenvalue weighted by Crippen LogP contribution is 2.68. The monoisotopic (exact) mass is 649 g/mol. The molecule has 3 fully saturated rings. The lowest BCUT2D eigenvalue weighted by molar-refractivity contribution is -0.154. The molecule has 8 nitrogen and oxygen atoms in total. The predicted molar refractivity (Wildman–Crippen MR) is 169 cm³/mol. The molecule has 0 radical (unpaired) electrons. The summed E-state index contributed by atoms with van der Waals surface area (Å²) >= 11 is 5.37. The number of benzene rings is 1. The average Bonchev–Trinajstić information content (AvgIpc) is 3.54. The fourth-order valence-electron chi connectivity index (χ4n) is 7.10. The number of aliphatic hydroxyl groups excluding tert-OH is 1. The van der Waals surface area contributed by atoms with Crippen molar-refractivity contribution in [3.8, 4) is 0 Å². The topological polar surface area (TPSA) is 90.4 Å². The Hall–Kier alpha value is -2.04. The van der Waals surface area contributed by atoms with Gasteiger partial charge in [-0.3, -0.25) is 14.4 Å². The molecule has 1 spiro atoms. The van der Waals surface area contributed by atoms with Gasteiger partial charge in [0.2, 0.25) is 5.91 Å². The van der Waals surface area contributed by atoms with Crippen LogP contribution >= 0.6 is 27.7 Å². The number of carbonyl (C=O) groups is 3. The molecule has 41 heavy (non-hydrogen) atoms. The van der Waals surface area contributed by atoms with Crippen molar-refractivity contribution >= 4 is 56.9 Å². The quantitative estimate of drug-likeness (QED) is 0.191. The molecule has 0 aromatic heterocycles. The van der Waals surface area contributed by atoms with Crippen molar-refractivity contribution in [1.29, 1.82) is 0 Å². The third kappa shape index (κ3) is 5.56. The number of fused-ring (bicyclic) bond motifs is 1. The Bertz CT molecular complexity index is 1130. The van der Waals surface area contributed by atoms with Crippen LogP contribution in [-0.4, -0.2) is 87.5 Å². The Labute approximate surface area is 257 Å². The number of halogens is 1. The van der Waals surface area contributed by atoms with E-state index in [1.807, 2.05) is 38.1 Å². The number of alkyl halides is 1. The Kier molecular flexibility index (Phi) is 10.2. The van der Waals surface area contributed by atoms with E-state index in [0.29, 0.717) is 12.8 Å². The molecule has 226 valence electrons. The first-order chi connectivity index (χ1) is 19.6. The minimum Gasteiger partial charge on any atom is -0.466 e. The molecule has 3 aliphatic heterocycles. The SMILES string of the molecule is C=CCN(C(=O)C1N([C@@H](CO)CC(C)C)C(=O)[C@@H]2[C@@H](C(=O)OCC)[C@@H]3SC12CC3Br)c1ccc(N(CC)CC)cc1. The number of anilines is 2. The van der Waals surface area contributed by atoms with Crippen LogP contribution in [0.3, 0.4) is 0 Å². The summed E-state index contributed by atoms with van der Waals surface area (Å²) < 4.78 is 4.65. The van der Waals surface area contributed by atoms with Crippen molar-refractivity contribution in [2.75, 3.05) is 42.6 Å². The first kappa shape index (κ1) is 31.9. The van der Waals surface area contributed by atoms with E-state index in [1.54, 1.807) is 34.6 Å². The van der Waals surface area contributed by atoms with Crippen LogP contribution in [0.15, 0.2) is 36.9 Å². The van der Waals surface area contributed by atoms with Gasteiger partial charge >= 0.3 is 5.97 Å². The van der Waals surface area contributed by atoms with Gasteiger partial charge in [0.25, 0.3) is 5.91 Å². The molecule has 2 bridgehead atoms. The van der Waals surface area contributed by atoms with Crippen molar-refractivity contribution in [2.45, 2.75) is 74.4 Å². The van der Waals surface area contributed by atoms with Crippen LogP contribution in [0, 0.1) is 17.8 Å². The summed E-state index contributed by atoms with van der Waals surface area (Å²) in [5, 5.41) is 10.4. The van der Waals surface area contributed by atoms with Crippen molar-refractivity contribution in [3.05, 3.63) is 36.9 Å². The maximum atomic E-state index is 14.8. The Morgan fingerprint density at radius 2 is 1.85 bits per heavy atom. The van der Waals surface area contributed by atoms with Crippen LogP contribution in [0.5, 0.6) is 0 Å². The van der Waals surface area contributed by atoms with E-state index in [2.05, 4.69) is 41.3 Å². The van der Waals surface area contributed by atoms with E-state index < -0.39 is 28.7 Å². The minimum absolute atomic E-state index is 0.0416. The maximum absolute atomic E-state index is 14.8. The van der Waals surface area contributed by atoms with Gasteiger partial charge in [0.05, 0.1) is 35.8 Å². The standard InChI is InChI=1S/C31H44BrN3O5S/c1-7-15-34(21-13-11-20(12-14-21)33(8-2)9-3)29(38)27-31-17-23(32)26(41-31)24(30(39)40-10-4)25(31)28(37)35(27)22(18-36)16-19(5)6/h7,11-14,19,22-27,36H,1,8-10,15-18H2,2-6H3/t22-,23?,24-,25+,26-,27?,31?/m1/s1. The molecule has 7 atom stereocenters. The van der Waals surface area contributed by atoms with Gasteiger partial charge in [0.1, 0.15) is 6.04 Å². The van der Waals surface area contributed by atoms with Gasteiger partial charge < -0.3 is 24.5 Å². The summed E-state index contributed by atoms with van der Waals surface area (Å²) in [5.41, 5.74) is 1.79. The lowest BCUT2D eigenvalue weighted by Gasteiger charge is -2.40. The summed E-state index contributed by atoms with van der Waals surface area (Å²) in [4.78, 5) is 48.0. The fraction of sp³-hybridized carbons (Fsp3) is 0.645. The molecule has 1 N–H and O–H groups in total. The van der Waals surface area contributed by atoms with Gasteiger partial charge in [0, 0.05) is 41.1 Å². The first-order valence-corrected chi connectivity index (χ1v) is 16.6. The van der Waals surface area contributed by atoms with Crippen LogP contribution in [0.4, 0.5) is 11.4 Å². The summed E-state index contributed by atoms with van der Waals surface area (Å²) in [5.74, 6) is -1.97. The van der Waals surface area contributed by atoms with Crippen LogP contribution in [-0.2, 0) is 19.1 Å². The highest BCUT2D eigenvalue weighted by atomic mass is 79.9. The van der Waals surface area contributed by atoms with Crippen LogP contribution in [0.2, 0.25) is 0 Å². The number of amides is 2. The van der Waals surface area contributed by atoms with Crippen LogP contribution in [0.1, 0.15) is 47.5 Å². The van der Waals surface area contributed by atoms with Gasteiger partial charge in [-0.05, 0) is 63.8 Å². The van der Waals surface area contributed by atoms with E-state index in [-0.39, 0.29) is 53.5 Å². The van der Waals surface area contributed by atoms with Gasteiger partial charge in [0.15, 0.2) is 0 Å². The van der Waals surface area contributed by atoms with Crippen molar-refractivity contribution in [3.63, 3.8) is 0 Å². The number of ether oxygens (including phenoxy) is 1. The minimum atomic E-state index is -0.840. The second-order valence-electron chi connectivity index (χ2n) is 11.6. The molecule has 0 saturated carbocycles. The molecule has 3 aliphatic rings. The molecule has 3 saturated heterocycles.